The van der Waals surface area contributed by atoms with Crippen LogP contribution in [0.5, 0.6) is 0 Å². The van der Waals surface area contributed by atoms with Gasteiger partial charge >= 0.3 is 12.2 Å². The Morgan fingerprint density at radius 3 is 2.38 bits per heavy atom. The Bertz CT molecular complexity index is 1270. The second kappa shape index (κ2) is 14.4. The number of ether oxygens (including phenoxy) is 2. The summed E-state index contributed by atoms with van der Waals surface area (Å²) in [5.74, 6) is 1.03. The van der Waals surface area contributed by atoms with Crippen LogP contribution in [0.1, 0.15) is 121 Å². The summed E-state index contributed by atoms with van der Waals surface area (Å²) in [6.45, 7) is 13.4. The average molecular weight is 651 g/mol. The normalized spacial score (nSPS) is 24.4. The van der Waals surface area contributed by atoms with Gasteiger partial charge in [-0.1, -0.05) is 51.2 Å². The highest BCUT2D eigenvalue weighted by Crippen LogP contribution is 2.42. The SMILES string of the molecule is CCCCC1CN(CC2CCCCC2)C(=O)OC12CCN(C1CCN(C(=O)c3cccc4c3N(C(=O)OC(C)(C)C)CC4)CC1)CC2. The maximum absolute atomic E-state index is 13.9. The summed E-state index contributed by atoms with van der Waals surface area (Å²) in [6.07, 6.45) is 13.8. The molecule has 4 fully saturated rings. The van der Waals surface area contributed by atoms with E-state index in [0.717, 1.165) is 76.7 Å². The van der Waals surface area contributed by atoms with Crippen LogP contribution in [0.25, 0.3) is 0 Å². The predicted molar refractivity (Wildman–Crippen MR) is 184 cm³/mol. The highest BCUT2D eigenvalue weighted by molar-refractivity contribution is 6.05. The number of piperidine rings is 2. The summed E-state index contributed by atoms with van der Waals surface area (Å²) in [7, 11) is 0. The van der Waals surface area contributed by atoms with Gasteiger partial charge < -0.3 is 19.3 Å². The molecule has 3 saturated heterocycles. The van der Waals surface area contributed by atoms with Crippen LogP contribution in [0.4, 0.5) is 15.3 Å². The van der Waals surface area contributed by atoms with Crippen molar-refractivity contribution in [1.29, 1.82) is 0 Å². The molecule has 0 aromatic heterocycles. The van der Waals surface area contributed by atoms with E-state index >= 15 is 0 Å². The molecular weight excluding hydrogens is 592 g/mol. The number of unbranched alkanes of at least 4 members (excludes halogenated alkanes) is 1. The Hall–Kier alpha value is -2.81. The van der Waals surface area contributed by atoms with E-state index in [9.17, 15) is 14.4 Å². The van der Waals surface area contributed by atoms with Crippen molar-refractivity contribution in [3.05, 3.63) is 29.3 Å². The third-order valence-electron chi connectivity index (χ3n) is 11.6. The van der Waals surface area contributed by atoms with Crippen molar-refractivity contribution >= 4 is 23.8 Å². The minimum absolute atomic E-state index is 0.000907. The topological polar surface area (TPSA) is 82.6 Å². The van der Waals surface area contributed by atoms with Gasteiger partial charge in [0.2, 0.25) is 0 Å². The monoisotopic (exact) mass is 650 g/mol. The molecule has 1 aromatic rings. The number of para-hydroxylation sites is 1. The first-order valence-electron chi connectivity index (χ1n) is 18.7. The molecule has 1 aromatic carbocycles. The first kappa shape index (κ1) is 34.1. The van der Waals surface area contributed by atoms with E-state index in [1.807, 2.05) is 43.9 Å². The fraction of sp³-hybridized carbons (Fsp3) is 0.763. The fourth-order valence-electron chi connectivity index (χ4n) is 8.97. The van der Waals surface area contributed by atoms with Gasteiger partial charge in [0.1, 0.15) is 11.2 Å². The molecule has 0 N–H and O–H groups in total. The molecule has 4 aliphatic heterocycles. The molecule has 260 valence electrons. The van der Waals surface area contributed by atoms with E-state index in [4.69, 9.17) is 9.47 Å². The maximum Gasteiger partial charge on any atom is 0.414 e. The lowest BCUT2D eigenvalue weighted by atomic mass is 9.75. The van der Waals surface area contributed by atoms with Gasteiger partial charge in [-0.25, -0.2) is 9.59 Å². The van der Waals surface area contributed by atoms with Crippen molar-refractivity contribution in [3.63, 3.8) is 0 Å². The number of benzene rings is 1. The Kier molecular flexibility index (Phi) is 10.4. The number of carbonyl (C=O) groups excluding carboxylic acids is 3. The highest BCUT2D eigenvalue weighted by atomic mass is 16.6. The van der Waals surface area contributed by atoms with Crippen molar-refractivity contribution in [3.8, 4) is 0 Å². The van der Waals surface area contributed by atoms with Gasteiger partial charge in [0.05, 0.1) is 11.3 Å². The molecule has 1 aliphatic carbocycles. The summed E-state index contributed by atoms with van der Waals surface area (Å²) < 4.78 is 12.1. The second-order valence-corrected chi connectivity index (χ2v) is 15.9. The van der Waals surface area contributed by atoms with Gasteiger partial charge in [-0.05, 0) is 76.8 Å². The van der Waals surface area contributed by atoms with Crippen molar-refractivity contribution in [1.82, 2.24) is 14.7 Å². The van der Waals surface area contributed by atoms with Crippen LogP contribution in [-0.4, -0.2) is 95.9 Å². The molecular formula is C38H58N4O5. The van der Waals surface area contributed by atoms with E-state index in [1.165, 1.54) is 38.5 Å². The third kappa shape index (κ3) is 7.60. The second-order valence-electron chi connectivity index (χ2n) is 15.9. The number of hydrogen-bond donors (Lipinski definition) is 0. The number of fused-ring (bicyclic) bond motifs is 1. The van der Waals surface area contributed by atoms with E-state index in [2.05, 4.69) is 16.7 Å². The first-order chi connectivity index (χ1) is 22.6. The number of amides is 3. The smallest absolute Gasteiger partial charge is 0.414 e. The average Bonchev–Trinajstić information content (AvgIpc) is 3.50. The third-order valence-corrected chi connectivity index (χ3v) is 11.6. The molecule has 1 unspecified atom stereocenters. The Morgan fingerprint density at radius 1 is 0.979 bits per heavy atom. The van der Waals surface area contributed by atoms with Crippen LogP contribution in [0.2, 0.25) is 0 Å². The number of rotatable bonds is 7. The summed E-state index contributed by atoms with van der Waals surface area (Å²) in [5, 5.41) is 0. The van der Waals surface area contributed by atoms with Gasteiger partial charge in [-0.3, -0.25) is 14.6 Å². The van der Waals surface area contributed by atoms with Gasteiger partial charge in [-0.15, -0.1) is 0 Å². The van der Waals surface area contributed by atoms with E-state index < -0.39 is 11.7 Å². The quantitative estimate of drug-likeness (QED) is 0.309. The molecule has 1 saturated carbocycles. The Balaban J connectivity index is 1.04. The largest absolute Gasteiger partial charge is 0.443 e. The maximum atomic E-state index is 13.9. The molecule has 3 amide bonds. The minimum atomic E-state index is -0.599. The predicted octanol–water partition coefficient (Wildman–Crippen LogP) is 7.26. The van der Waals surface area contributed by atoms with Crippen molar-refractivity contribution < 1.29 is 23.9 Å². The van der Waals surface area contributed by atoms with Crippen molar-refractivity contribution in [2.24, 2.45) is 11.8 Å². The van der Waals surface area contributed by atoms with E-state index in [1.54, 1.807) is 4.90 Å². The minimum Gasteiger partial charge on any atom is -0.443 e. The van der Waals surface area contributed by atoms with Gasteiger partial charge in [0.15, 0.2) is 0 Å². The molecule has 47 heavy (non-hydrogen) atoms. The Morgan fingerprint density at radius 2 is 1.70 bits per heavy atom. The zero-order valence-electron chi connectivity index (χ0n) is 29.4. The lowest BCUT2D eigenvalue weighted by Crippen LogP contribution is -2.61. The summed E-state index contributed by atoms with van der Waals surface area (Å²) in [4.78, 5) is 48.5. The fourth-order valence-corrected chi connectivity index (χ4v) is 8.97. The van der Waals surface area contributed by atoms with Gasteiger partial charge in [0.25, 0.3) is 5.91 Å². The van der Waals surface area contributed by atoms with E-state index in [0.29, 0.717) is 48.8 Å². The summed E-state index contributed by atoms with van der Waals surface area (Å²) in [6, 6.07) is 6.22. The molecule has 6 rings (SSSR count). The zero-order valence-corrected chi connectivity index (χ0v) is 29.4. The molecule has 9 nitrogen and oxygen atoms in total. The Labute approximate surface area is 282 Å². The van der Waals surface area contributed by atoms with E-state index in [-0.39, 0.29) is 17.6 Å². The summed E-state index contributed by atoms with van der Waals surface area (Å²) in [5.41, 5.74) is 1.40. The summed E-state index contributed by atoms with van der Waals surface area (Å²) >= 11 is 0. The van der Waals surface area contributed by atoms with Crippen LogP contribution in [-0.2, 0) is 15.9 Å². The van der Waals surface area contributed by atoms with Crippen LogP contribution < -0.4 is 4.90 Å². The number of hydrogen-bond acceptors (Lipinski definition) is 6. The molecule has 1 atom stereocenters. The van der Waals surface area contributed by atoms with Crippen molar-refractivity contribution in [2.45, 2.75) is 128 Å². The highest BCUT2D eigenvalue weighted by Gasteiger charge is 2.50. The zero-order chi connectivity index (χ0) is 33.2. The molecule has 5 aliphatic rings. The number of nitrogens with zero attached hydrogens (tertiary/aromatic N) is 4. The first-order valence-corrected chi connectivity index (χ1v) is 18.7. The standard InChI is InChI=1S/C38H58N4O5/c1-5-6-14-30-27-41(26-28-11-8-7-9-12-28)35(44)47-38(30)19-24-39(25-20-38)31-17-21-40(22-18-31)34(43)32-15-10-13-29-16-23-42(33(29)32)36(45)46-37(2,3)4/h10,13,15,28,30-31H,5-9,11-12,14,16-27H2,1-4H3. The van der Waals surface area contributed by atoms with Gasteiger partial charge in [-0.2, -0.15) is 0 Å². The molecule has 1 spiro atoms. The van der Waals surface area contributed by atoms with Crippen LogP contribution in [0.3, 0.4) is 0 Å². The van der Waals surface area contributed by atoms with Crippen LogP contribution >= 0.6 is 0 Å². The molecule has 0 radical (unpaired) electrons. The molecule has 4 heterocycles. The lowest BCUT2D eigenvalue weighted by Gasteiger charge is -2.52. The lowest BCUT2D eigenvalue weighted by molar-refractivity contribution is -0.127. The number of carbonyl (C=O) groups is 3. The number of likely N-dealkylation sites (tertiary alicyclic amines) is 2. The molecule has 9 heteroatoms. The number of anilines is 1. The molecule has 0 bridgehead atoms. The van der Waals surface area contributed by atoms with Crippen LogP contribution in [0, 0.1) is 11.8 Å². The van der Waals surface area contributed by atoms with Gasteiger partial charge in [0, 0.05) is 70.6 Å². The van der Waals surface area contributed by atoms with Crippen LogP contribution in [0.15, 0.2) is 18.2 Å². The van der Waals surface area contributed by atoms with Crippen molar-refractivity contribution in [2.75, 3.05) is 50.7 Å².